The van der Waals surface area contributed by atoms with Crippen molar-refractivity contribution in [3.63, 3.8) is 0 Å². The molecule has 1 amide bonds. The van der Waals surface area contributed by atoms with E-state index in [0.29, 0.717) is 11.6 Å². The van der Waals surface area contributed by atoms with Crippen LogP contribution in [0, 0.1) is 12.3 Å². The minimum Gasteiger partial charge on any atom is -0.329 e. The molecule has 0 aromatic heterocycles. The highest BCUT2D eigenvalue weighted by molar-refractivity contribution is 6.31. The van der Waals surface area contributed by atoms with E-state index in [1.54, 1.807) is 6.07 Å². The van der Waals surface area contributed by atoms with Gasteiger partial charge in [-0.1, -0.05) is 31.5 Å². The molecule has 0 atom stereocenters. The smallest absolute Gasteiger partial charge is 0.231 e. The van der Waals surface area contributed by atoms with Gasteiger partial charge in [-0.2, -0.15) is 0 Å². The first-order valence-corrected chi connectivity index (χ1v) is 6.64. The summed E-state index contributed by atoms with van der Waals surface area (Å²) in [6.07, 6.45) is 1.46. The average Bonchev–Trinajstić information content (AvgIpc) is 2.37. The zero-order valence-corrected chi connectivity index (χ0v) is 12.0. The minimum atomic E-state index is -0.489. The van der Waals surface area contributed by atoms with Crippen molar-refractivity contribution in [2.45, 2.75) is 33.6 Å². The fraction of sp³-hybridized carbons (Fsp3) is 0.500. The summed E-state index contributed by atoms with van der Waals surface area (Å²) in [6.45, 7) is 6.25. The number of aryl methyl sites for hydroxylation is 1. The van der Waals surface area contributed by atoms with Crippen molar-refractivity contribution in [2.75, 3.05) is 11.9 Å². The van der Waals surface area contributed by atoms with Crippen molar-refractivity contribution in [1.29, 1.82) is 0 Å². The van der Waals surface area contributed by atoms with Gasteiger partial charge in [-0.15, -0.1) is 0 Å². The number of anilines is 1. The van der Waals surface area contributed by atoms with Gasteiger partial charge in [0.05, 0.1) is 5.41 Å². The van der Waals surface area contributed by atoms with Crippen LogP contribution in [0.2, 0.25) is 5.02 Å². The van der Waals surface area contributed by atoms with Crippen LogP contribution in [-0.4, -0.2) is 12.5 Å². The molecule has 0 heterocycles. The summed E-state index contributed by atoms with van der Waals surface area (Å²) < 4.78 is 0. The molecule has 1 aromatic carbocycles. The Hall–Kier alpha value is -1.06. The Balaban J connectivity index is 2.89. The highest BCUT2D eigenvalue weighted by atomic mass is 35.5. The van der Waals surface area contributed by atoms with Gasteiger partial charge in [0.25, 0.3) is 0 Å². The van der Waals surface area contributed by atoms with Crippen molar-refractivity contribution in [1.82, 2.24) is 0 Å². The lowest BCUT2D eigenvalue weighted by Crippen LogP contribution is -2.41. The number of hydrogen-bond donors (Lipinski definition) is 2. The van der Waals surface area contributed by atoms with E-state index in [0.717, 1.165) is 24.1 Å². The molecule has 0 aliphatic rings. The lowest BCUT2D eigenvalue weighted by atomic mass is 9.81. The van der Waals surface area contributed by atoms with Gasteiger partial charge in [-0.3, -0.25) is 4.79 Å². The van der Waals surface area contributed by atoms with Crippen LogP contribution in [-0.2, 0) is 4.79 Å². The predicted octanol–water partition coefficient (Wildman–Crippen LogP) is 3.35. The molecule has 0 spiro atoms. The summed E-state index contributed by atoms with van der Waals surface area (Å²) in [5.74, 6) is -0.0325. The van der Waals surface area contributed by atoms with E-state index in [2.05, 4.69) is 5.32 Å². The molecule has 0 bridgehead atoms. The minimum absolute atomic E-state index is 0.0325. The van der Waals surface area contributed by atoms with E-state index in [4.69, 9.17) is 17.3 Å². The molecule has 3 N–H and O–H groups in total. The lowest BCUT2D eigenvalue weighted by Gasteiger charge is -2.28. The van der Waals surface area contributed by atoms with Crippen LogP contribution in [0.3, 0.4) is 0 Å². The van der Waals surface area contributed by atoms with Crippen LogP contribution in [0.15, 0.2) is 18.2 Å². The van der Waals surface area contributed by atoms with Crippen molar-refractivity contribution in [3.8, 4) is 0 Å². The van der Waals surface area contributed by atoms with Gasteiger partial charge in [-0.05, 0) is 37.5 Å². The van der Waals surface area contributed by atoms with Crippen molar-refractivity contribution < 1.29 is 4.79 Å². The van der Waals surface area contributed by atoms with Crippen LogP contribution in [0.1, 0.15) is 32.3 Å². The molecule has 3 nitrogen and oxygen atoms in total. The molecule has 1 rings (SSSR count). The maximum atomic E-state index is 12.3. The van der Waals surface area contributed by atoms with E-state index >= 15 is 0 Å². The molecule has 0 aliphatic heterocycles. The number of nitrogens with one attached hydrogen (secondary N) is 1. The molecular weight excluding hydrogens is 248 g/mol. The SMILES string of the molecule is CCC(CC)(CN)C(=O)Nc1ccc(C)c(Cl)c1. The molecule has 0 fully saturated rings. The normalized spacial score (nSPS) is 11.4. The third-order valence-electron chi connectivity index (χ3n) is 3.66. The standard InChI is InChI=1S/C14H21ClN2O/c1-4-14(5-2,9-16)13(18)17-11-7-6-10(3)12(15)8-11/h6-8H,4-5,9,16H2,1-3H3,(H,17,18). The third-order valence-corrected chi connectivity index (χ3v) is 4.06. The fourth-order valence-electron chi connectivity index (χ4n) is 1.89. The number of carbonyl (C=O) groups excluding carboxylic acids is 1. The quantitative estimate of drug-likeness (QED) is 0.860. The van der Waals surface area contributed by atoms with E-state index in [9.17, 15) is 4.79 Å². The molecular formula is C14H21ClN2O. The van der Waals surface area contributed by atoms with Crippen LogP contribution in [0.4, 0.5) is 5.69 Å². The number of nitrogens with two attached hydrogens (primary N) is 1. The molecule has 4 heteroatoms. The topological polar surface area (TPSA) is 55.1 Å². The Kier molecular flexibility index (Phi) is 5.17. The van der Waals surface area contributed by atoms with E-state index in [-0.39, 0.29) is 5.91 Å². The third kappa shape index (κ3) is 3.03. The van der Waals surface area contributed by atoms with Crippen LogP contribution in [0.5, 0.6) is 0 Å². The van der Waals surface area contributed by atoms with Crippen LogP contribution in [0.25, 0.3) is 0 Å². The van der Waals surface area contributed by atoms with E-state index in [1.165, 1.54) is 0 Å². The summed E-state index contributed by atoms with van der Waals surface area (Å²) in [6, 6.07) is 5.51. The number of halogens is 1. The Morgan fingerprint density at radius 2 is 2.00 bits per heavy atom. The van der Waals surface area contributed by atoms with Crippen molar-refractivity contribution in [2.24, 2.45) is 11.1 Å². The molecule has 0 aliphatic carbocycles. The average molecular weight is 269 g/mol. The maximum Gasteiger partial charge on any atom is 0.231 e. The predicted molar refractivity (Wildman–Crippen MR) is 76.9 cm³/mol. The summed E-state index contributed by atoms with van der Waals surface area (Å²) in [5, 5.41) is 3.55. The monoisotopic (exact) mass is 268 g/mol. The van der Waals surface area contributed by atoms with E-state index < -0.39 is 5.41 Å². The zero-order valence-electron chi connectivity index (χ0n) is 11.2. The van der Waals surface area contributed by atoms with Crippen LogP contribution >= 0.6 is 11.6 Å². The summed E-state index contributed by atoms with van der Waals surface area (Å²) in [7, 11) is 0. The Morgan fingerprint density at radius 1 is 1.39 bits per heavy atom. The number of benzene rings is 1. The van der Waals surface area contributed by atoms with E-state index in [1.807, 2.05) is 32.9 Å². The zero-order chi connectivity index (χ0) is 13.8. The van der Waals surface area contributed by atoms with Gasteiger partial charge in [0.1, 0.15) is 0 Å². The number of hydrogen-bond acceptors (Lipinski definition) is 2. The highest BCUT2D eigenvalue weighted by Crippen LogP contribution is 2.28. The molecule has 0 radical (unpaired) electrons. The van der Waals surface area contributed by atoms with Crippen LogP contribution < -0.4 is 11.1 Å². The van der Waals surface area contributed by atoms with Gasteiger partial charge >= 0.3 is 0 Å². The lowest BCUT2D eigenvalue weighted by molar-refractivity contribution is -0.125. The summed E-state index contributed by atoms with van der Waals surface area (Å²) >= 11 is 6.04. The Labute approximate surface area is 114 Å². The second kappa shape index (κ2) is 6.21. The molecule has 0 saturated carbocycles. The maximum absolute atomic E-state index is 12.3. The van der Waals surface area contributed by atoms with Gasteiger partial charge in [0.2, 0.25) is 5.91 Å². The Morgan fingerprint density at radius 3 is 2.44 bits per heavy atom. The summed E-state index contributed by atoms with van der Waals surface area (Å²) in [5.41, 5.74) is 6.97. The molecule has 100 valence electrons. The molecule has 0 saturated heterocycles. The first-order valence-electron chi connectivity index (χ1n) is 6.26. The second-order valence-corrected chi connectivity index (χ2v) is 5.02. The van der Waals surface area contributed by atoms with Gasteiger partial charge in [0, 0.05) is 17.3 Å². The van der Waals surface area contributed by atoms with Crippen molar-refractivity contribution in [3.05, 3.63) is 28.8 Å². The Bertz CT molecular complexity index is 420. The molecule has 1 aromatic rings. The number of rotatable bonds is 5. The molecule has 0 unspecified atom stereocenters. The van der Waals surface area contributed by atoms with Gasteiger partial charge < -0.3 is 11.1 Å². The summed E-state index contributed by atoms with van der Waals surface area (Å²) in [4.78, 5) is 12.3. The fourth-order valence-corrected chi connectivity index (χ4v) is 2.07. The van der Waals surface area contributed by atoms with Gasteiger partial charge in [-0.25, -0.2) is 0 Å². The first kappa shape index (κ1) is 15.0. The highest BCUT2D eigenvalue weighted by Gasteiger charge is 2.33. The molecule has 18 heavy (non-hydrogen) atoms. The first-order chi connectivity index (χ1) is 8.49. The largest absolute Gasteiger partial charge is 0.329 e. The number of carbonyl (C=O) groups is 1. The van der Waals surface area contributed by atoms with Crippen molar-refractivity contribution >= 4 is 23.2 Å². The second-order valence-electron chi connectivity index (χ2n) is 4.61. The number of amides is 1. The van der Waals surface area contributed by atoms with Gasteiger partial charge in [0.15, 0.2) is 0 Å².